The lowest BCUT2D eigenvalue weighted by Gasteiger charge is -2.33. The molecule has 0 aliphatic carbocycles. The summed E-state index contributed by atoms with van der Waals surface area (Å²) >= 11 is 0. The smallest absolute Gasteiger partial charge is 0.289 e. The Morgan fingerprint density at radius 2 is 1.71 bits per heavy atom. The average Bonchev–Trinajstić information content (AvgIpc) is 3.11. The summed E-state index contributed by atoms with van der Waals surface area (Å²) in [5, 5.41) is 0.896. The van der Waals surface area contributed by atoms with Crippen molar-refractivity contribution >= 4 is 26.9 Å². The molecule has 1 aliphatic heterocycles. The van der Waals surface area contributed by atoms with Crippen LogP contribution in [0.15, 0.2) is 59.0 Å². The molecule has 0 spiro atoms. The molecule has 1 fully saturated rings. The number of sulfonamides is 1. The van der Waals surface area contributed by atoms with Crippen LogP contribution in [0.2, 0.25) is 0 Å². The summed E-state index contributed by atoms with van der Waals surface area (Å²) in [5.41, 5.74) is 2.54. The number of aryl methyl sites for hydroxylation is 1. The maximum atomic E-state index is 12.8. The Hall–Kier alpha value is -2.64. The Bertz CT molecular complexity index is 1100. The van der Waals surface area contributed by atoms with Gasteiger partial charge in [0.25, 0.3) is 5.91 Å². The Kier molecular flexibility index (Phi) is 4.95. The molecular weight excluding hydrogens is 376 g/mol. The van der Waals surface area contributed by atoms with Gasteiger partial charge in [-0.05, 0) is 30.7 Å². The van der Waals surface area contributed by atoms with Crippen LogP contribution in [0.5, 0.6) is 0 Å². The summed E-state index contributed by atoms with van der Waals surface area (Å²) < 4.78 is 32.5. The van der Waals surface area contributed by atoms with Crippen LogP contribution in [0.3, 0.4) is 0 Å². The van der Waals surface area contributed by atoms with Crippen molar-refractivity contribution in [1.29, 1.82) is 0 Å². The summed E-state index contributed by atoms with van der Waals surface area (Å²) in [6.45, 7) is 3.27. The molecule has 1 saturated heterocycles. The largest absolute Gasteiger partial charge is 0.451 e. The van der Waals surface area contributed by atoms with E-state index in [0.29, 0.717) is 37.5 Å². The number of nitrogens with zero attached hydrogens (tertiary/aromatic N) is 2. The first-order valence-electron chi connectivity index (χ1n) is 9.24. The number of carbonyl (C=O) groups excluding carboxylic acids is 1. The lowest BCUT2D eigenvalue weighted by Crippen LogP contribution is -2.50. The van der Waals surface area contributed by atoms with E-state index in [4.69, 9.17) is 4.42 Å². The van der Waals surface area contributed by atoms with Gasteiger partial charge in [-0.15, -0.1) is 0 Å². The predicted molar refractivity (Wildman–Crippen MR) is 107 cm³/mol. The maximum absolute atomic E-state index is 12.8. The summed E-state index contributed by atoms with van der Waals surface area (Å²) in [4.78, 5) is 14.4. The number of rotatable bonds is 4. The van der Waals surface area contributed by atoms with Crippen LogP contribution in [0.25, 0.3) is 11.0 Å². The number of fused-ring (bicyclic) bond motifs is 1. The number of benzene rings is 2. The highest BCUT2D eigenvalue weighted by Gasteiger charge is 2.30. The van der Waals surface area contributed by atoms with Gasteiger partial charge >= 0.3 is 0 Å². The molecule has 4 rings (SSSR count). The number of piperazine rings is 1. The molecule has 2 aromatic carbocycles. The molecule has 1 aromatic heterocycles. The SMILES string of the molecule is Cc1ccc2oc(C(=O)N3CCN(S(=O)(=O)Cc4ccccc4)CC3)cc2c1. The minimum Gasteiger partial charge on any atom is -0.451 e. The molecule has 0 N–H and O–H groups in total. The van der Waals surface area contributed by atoms with Crippen LogP contribution in [0.1, 0.15) is 21.7 Å². The van der Waals surface area contributed by atoms with Crippen molar-refractivity contribution in [2.75, 3.05) is 26.2 Å². The Balaban J connectivity index is 1.42. The van der Waals surface area contributed by atoms with Crippen LogP contribution in [0.4, 0.5) is 0 Å². The van der Waals surface area contributed by atoms with E-state index in [9.17, 15) is 13.2 Å². The number of carbonyl (C=O) groups is 1. The van der Waals surface area contributed by atoms with Crippen LogP contribution in [-0.2, 0) is 15.8 Å². The molecule has 0 atom stereocenters. The second kappa shape index (κ2) is 7.41. The molecule has 6 nitrogen and oxygen atoms in total. The van der Waals surface area contributed by atoms with E-state index in [-0.39, 0.29) is 11.7 Å². The van der Waals surface area contributed by atoms with E-state index in [2.05, 4.69) is 0 Å². The summed E-state index contributed by atoms with van der Waals surface area (Å²) in [5.74, 6) is 0.0696. The van der Waals surface area contributed by atoms with Crippen LogP contribution in [-0.4, -0.2) is 49.7 Å². The van der Waals surface area contributed by atoms with Gasteiger partial charge in [0.2, 0.25) is 10.0 Å². The van der Waals surface area contributed by atoms with Crippen molar-refractivity contribution in [3.05, 3.63) is 71.5 Å². The number of hydrogen-bond donors (Lipinski definition) is 0. The average molecular weight is 398 g/mol. The normalized spacial score (nSPS) is 15.8. The van der Waals surface area contributed by atoms with Gasteiger partial charge in [-0.3, -0.25) is 4.79 Å². The fourth-order valence-corrected chi connectivity index (χ4v) is 4.99. The third-order valence-corrected chi connectivity index (χ3v) is 6.84. The van der Waals surface area contributed by atoms with Crippen LogP contribution < -0.4 is 0 Å². The summed E-state index contributed by atoms with van der Waals surface area (Å²) in [6.07, 6.45) is 0. The van der Waals surface area contributed by atoms with E-state index in [1.54, 1.807) is 23.1 Å². The minimum atomic E-state index is -3.40. The Labute approximate surface area is 164 Å². The highest BCUT2D eigenvalue weighted by Crippen LogP contribution is 2.22. The number of hydrogen-bond acceptors (Lipinski definition) is 4. The first-order chi connectivity index (χ1) is 13.4. The van der Waals surface area contributed by atoms with Crippen molar-refractivity contribution in [3.63, 3.8) is 0 Å². The summed E-state index contributed by atoms with van der Waals surface area (Å²) in [6, 6.07) is 16.7. The van der Waals surface area contributed by atoms with Gasteiger partial charge < -0.3 is 9.32 Å². The van der Waals surface area contributed by atoms with Gasteiger partial charge in [-0.2, -0.15) is 4.31 Å². The molecule has 146 valence electrons. The second-order valence-electron chi connectivity index (χ2n) is 7.09. The molecule has 1 amide bonds. The fourth-order valence-electron chi connectivity index (χ4n) is 3.47. The van der Waals surface area contributed by atoms with Crippen LogP contribution >= 0.6 is 0 Å². The molecular formula is C21H22N2O4S. The van der Waals surface area contributed by atoms with Gasteiger partial charge in [-0.25, -0.2) is 8.42 Å². The first kappa shape index (κ1) is 18.7. The molecule has 3 aromatic rings. The topological polar surface area (TPSA) is 70.8 Å². The molecule has 1 aliphatic rings. The number of amides is 1. The highest BCUT2D eigenvalue weighted by molar-refractivity contribution is 7.88. The molecule has 0 radical (unpaired) electrons. The van der Waals surface area contributed by atoms with Crippen molar-refractivity contribution in [2.24, 2.45) is 0 Å². The zero-order chi connectivity index (χ0) is 19.7. The monoisotopic (exact) mass is 398 g/mol. The lowest BCUT2D eigenvalue weighted by atomic mass is 10.2. The first-order valence-corrected chi connectivity index (χ1v) is 10.8. The molecule has 0 saturated carbocycles. The third kappa shape index (κ3) is 3.81. The quantitative estimate of drug-likeness (QED) is 0.677. The molecule has 0 unspecified atom stereocenters. The second-order valence-corrected chi connectivity index (χ2v) is 9.05. The molecule has 0 bridgehead atoms. The van der Waals surface area contributed by atoms with E-state index >= 15 is 0 Å². The van der Waals surface area contributed by atoms with E-state index in [0.717, 1.165) is 16.5 Å². The predicted octanol–water partition coefficient (Wildman–Crippen LogP) is 3.03. The van der Waals surface area contributed by atoms with E-state index < -0.39 is 10.0 Å². The van der Waals surface area contributed by atoms with Crippen molar-refractivity contribution in [1.82, 2.24) is 9.21 Å². The molecule has 7 heteroatoms. The Morgan fingerprint density at radius 1 is 1.00 bits per heavy atom. The van der Waals surface area contributed by atoms with Crippen molar-refractivity contribution in [3.8, 4) is 0 Å². The zero-order valence-corrected chi connectivity index (χ0v) is 16.5. The fraction of sp³-hybridized carbons (Fsp3) is 0.286. The highest BCUT2D eigenvalue weighted by atomic mass is 32.2. The van der Waals surface area contributed by atoms with Crippen molar-refractivity contribution < 1.29 is 17.6 Å². The molecule has 28 heavy (non-hydrogen) atoms. The molecule has 2 heterocycles. The lowest BCUT2D eigenvalue weighted by molar-refractivity contribution is 0.0668. The zero-order valence-electron chi connectivity index (χ0n) is 15.7. The minimum absolute atomic E-state index is 0.0231. The van der Waals surface area contributed by atoms with Gasteiger partial charge in [0.15, 0.2) is 5.76 Å². The van der Waals surface area contributed by atoms with Gasteiger partial charge in [-0.1, -0.05) is 42.0 Å². The summed E-state index contributed by atoms with van der Waals surface area (Å²) in [7, 11) is -3.40. The van der Waals surface area contributed by atoms with Crippen molar-refractivity contribution in [2.45, 2.75) is 12.7 Å². The third-order valence-electron chi connectivity index (χ3n) is 4.99. The van der Waals surface area contributed by atoms with Gasteiger partial charge in [0, 0.05) is 31.6 Å². The van der Waals surface area contributed by atoms with Gasteiger partial charge in [0.1, 0.15) is 5.58 Å². The van der Waals surface area contributed by atoms with E-state index in [1.807, 2.05) is 43.3 Å². The standard InChI is InChI=1S/C21H22N2O4S/c1-16-7-8-19-18(13-16)14-20(27-19)21(24)22-9-11-23(12-10-22)28(25,26)15-17-5-3-2-4-6-17/h2-8,13-14H,9-12,15H2,1H3. The maximum Gasteiger partial charge on any atom is 0.289 e. The van der Waals surface area contributed by atoms with Crippen LogP contribution in [0, 0.1) is 6.92 Å². The van der Waals surface area contributed by atoms with E-state index in [1.165, 1.54) is 4.31 Å². The van der Waals surface area contributed by atoms with Gasteiger partial charge in [0.05, 0.1) is 5.75 Å². The number of furan rings is 1. The Morgan fingerprint density at radius 3 is 2.43 bits per heavy atom.